The van der Waals surface area contributed by atoms with Gasteiger partial charge in [0.25, 0.3) is 0 Å². The number of nitrogens with zero attached hydrogens (tertiary/aromatic N) is 1. The van der Waals surface area contributed by atoms with Gasteiger partial charge in [-0.2, -0.15) is 0 Å². The lowest BCUT2D eigenvalue weighted by Crippen LogP contribution is -2.67. The van der Waals surface area contributed by atoms with Gasteiger partial charge in [-0.25, -0.2) is 0 Å². The van der Waals surface area contributed by atoms with E-state index in [4.69, 9.17) is 0 Å². The molecule has 0 aromatic heterocycles. The Bertz CT molecular complexity index is 1390. The highest BCUT2D eigenvalue weighted by atomic mass is 16.8. The number of anilines is 1. The molecule has 0 heterocycles. The Balaban J connectivity index is 1.41. The Morgan fingerprint density at radius 1 is 1.00 bits per heavy atom. The van der Waals surface area contributed by atoms with E-state index in [0.29, 0.717) is 18.3 Å². The van der Waals surface area contributed by atoms with Crippen molar-refractivity contribution in [1.82, 2.24) is 0 Å². The van der Waals surface area contributed by atoms with Crippen molar-refractivity contribution < 1.29 is 19.9 Å². The van der Waals surface area contributed by atoms with Crippen LogP contribution in [0.4, 0.5) is 5.69 Å². The van der Waals surface area contributed by atoms with Gasteiger partial charge in [-0.05, 0) is 140 Å². The lowest BCUT2D eigenvalue weighted by Gasteiger charge is -2.72. The second-order valence-corrected chi connectivity index (χ2v) is 16.4. The van der Waals surface area contributed by atoms with Gasteiger partial charge in [0.1, 0.15) is 0 Å². The molecule has 0 aliphatic heterocycles. The first-order valence-corrected chi connectivity index (χ1v) is 16.4. The molecule has 0 saturated heterocycles. The molecule has 234 valence electrons. The first kappa shape index (κ1) is 30.6. The molecule has 0 bridgehead atoms. The third-order valence-electron chi connectivity index (χ3n) is 14.5. The Hall–Kier alpha value is -2.44. The predicted octanol–water partition coefficient (Wildman–Crippen LogP) is 8.68. The zero-order valence-corrected chi connectivity index (χ0v) is 26.9. The molecule has 0 amide bonds. The minimum atomic E-state index is -0.629. The van der Waals surface area contributed by atoms with Crippen LogP contribution in [-0.2, 0) is 9.59 Å². The summed E-state index contributed by atoms with van der Waals surface area (Å²) in [5.74, 6) is 1.04. The maximum atomic E-state index is 14.1. The summed E-state index contributed by atoms with van der Waals surface area (Å²) in [7, 11) is 0. The molecule has 5 saturated carbocycles. The summed E-state index contributed by atoms with van der Waals surface area (Å²) in [5.41, 5.74) is 1.67. The quantitative estimate of drug-likeness (QED) is 0.207. The van der Waals surface area contributed by atoms with E-state index in [1.807, 2.05) is 12.1 Å². The molecule has 0 radical (unpaired) electrons. The number of fused-ring (bicyclic) bond motifs is 7. The lowest BCUT2D eigenvalue weighted by atomic mass is 9.32. The van der Waals surface area contributed by atoms with Crippen LogP contribution in [0, 0.1) is 61.9 Å². The number of carbonyl (C=O) groups is 2. The first-order valence-electron chi connectivity index (χ1n) is 16.4. The lowest BCUT2D eigenvalue weighted by molar-refractivity contribution is -0.231. The molecule has 6 rings (SSSR count). The first-order chi connectivity index (χ1) is 20.0. The summed E-state index contributed by atoms with van der Waals surface area (Å²) in [6.07, 6.45) is 10.2. The van der Waals surface area contributed by atoms with Crippen molar-refractivity contribution in [3.05, 3.63) is 52.8 Å². The predicted molar refractivity (Wildman–Crippen MR) is 169 cm³/mol. The molecule has 2 N–H and O–H groups in total. The third-order valence-corrected chi connectivity index (χ3v) is 14.5. The number of allylic oxidation sites excluding steroid dienone is 2. The summed E-state index contributed by atoms with van der Waals surface area (Å²) >= 11 is 0. The van der Waals surface area contributed by atoms with E-state index in [2.05, 4.69) is 48.1 Å². The topological polar surface area (TPSA) is 101 Å². The van der Waals surface area contributed by atoms with E-state index < -0.39 is 16.8 Å². The van der Waals surface area contributed by atoms with Crippen molar-refractivity contribution >= 4 is 23.5 Å². The number of rotatable bonds is 4. The van der Waals surface area contributed by atoms with E-state index in [-0.39, 0.29) is 50.7 Å². The molecule has 1 aromatic carbocycles. The van der Waals surface area contributed by atoms with Gasteiger partial charge in [0.2, 0.25) is 0 Å². The van der Waals surface area contributed by atoms with Crippen LogP contribution in [0.5, 0.6) is 0 Å². The van der Waals surface area contributed by atoms with Gasteiger partial charge >= 0.3 is 5.97 Å². The van der Waals surface area contributed by atoms with E-state index >= 15 is 0 Å². The zero-order valence-electron chi connectivity index (χ0n) is 26.9. The van der Waals surface area contributed by atoms with Gasteiger partial charge in [-0.1, -0.05) is 58.9 Å². The van der Waals surface area contributed by atoms with Gasteiger partial charge in [0.05, 0.1) is 11.1 Å². The molecule has 0 unspecified atom stereocenters. The number of carboxylic acids is 1. The van der Waals surface area contributed by atoms with Crippen molar-refractivity contribution in [2.24, 2.45) is 56.7 Å². The maximum absolute atomic E-state index is 14.1. The monoisotopic (exact) mass is 588 g/mol. The normalized spacial score (nSPS) is 44.1. The minimum Gasteiger partial charge on any atom is -0.733 e. The molecule has 5 fully saturated rings. The van der Waals surface area contributed by atoms with E-state index in [9.17, 15) is 25.1 Å². The van der Waals surface area contributed by atoms with E-state index in [0.717, 1.165) is 68.1 Å². The molecule has 43 heavy (non-hydrogen) atoms. The molecule has 9 atom stereocenters. The van der Waals surface area contributed by atoms with Crippen LogP contribution < -0.4 is 5.23 Å². The van der Waals surface area contributed by atoms with Gasteiger partial charge in [0, 0.05) is 5.41 Å². The minimum absolute atomic E-state index is 0.0219. The molecule has 1 aromatic rings. The number of Topliss-reactive ketones (excluding diaryl/α,β-unsaturated/α-hetero) is 1. The molecule has 6 nitrogen and oxygen atoms in total. The van der Waals surface area contributed by atoms with Crippen LogP contribution in [0.3, 0.4) is 0 Å². The highest BCUT2D eigenvalue weighted by molar-refractivity contribution is 6.04. The Labute approximate surface area is 257 Å². The standard InChI is InChI=1S/C37H50NO5/c1-22(2)26-13-16-37(32(40)41)18-17-35(6)27(30(26)37)11-12-29-34(5)21-24(19-23-9-8-10-25(20-23)38(42)43)31(39)33(3,4)28(34)14-15-36(29,35)7/h8-10,19-20,26-30,42H,1,11-18,21H2,2-7H3,(H,40,41)/q-1/t26-,27+,28-,29+,30+,34+,35-,36-,37-/m1/s1. The van der Waals surface area contributed by atoms with E-state index in [1.165, 1.54) is 0 Å². The van der Waals surface area contributed by atoms with Crippen LogP contribution >= 0.6 is 0 Å². The maximum Gasteiger partial charge on any atom is 0.309 e. The van der Waals surface area contributed by atoms with E-state index in [1.54, 1.807) is 18.2 Å². The van der Waals surface area contributed by atoms with Crippen LogP contribution in [0.15, 0.2) is 42.0 Å². The van der Waals surface area contributed by atoms with Crippen LogP contribution in [0.25, 0.3) is 6.08 Å². The second kappa shape index (κ2) is 9.78. The number of carboxylic acid groups (broad SMARTS) is 1. The van der Waals surface area contributed by atoms with Gasteiger partial charge < -0.3 is 15.5 Å². The number of ketones is 1. The van der Waals surface area contributed by atoms with Crippen molar-refractivity contribution in [1.29, 1.82) is 0 Å². The summed E-state index contributed by atoms with van der Waals surface area (Å²) in [5, 5.41) is 31.5. The zero-order chi connectivity index (χ0) is 31.3. The van der Waals surface area contributed by atoms with Crippen molar-refractivity contribution in [2.75, 3.05) is 5.23 Å². The Morgan fingerprint density at radius 2 is 1.72 bits per heavy atom. The fourth-order valence-corrected chi connectivity index (χ4v) is 12.4. The van der Waals surface area contributed by atoms with Crippen LogP contribution in [0.2, 0.25) is 0 Å². The van der Waals surface area contributed by atoms with Crippen molar-refractivity contribution in [3.8, 4) is 0 Å². The van der Waals surface area contributed by atoms with Gasteiger partial charge in [-0.15, -0.1) is 0 Å². The Kier molecular flexibility index (Phi) is 6.95. The fourth-order valence-electron chi connectivity index (χ4n) is 12.4. The van der Waals surface area contributed by atoms with Crippen molar-refractivity contribution in [3.63, 3.8) is 0 Å². The van der Waals surface area contributed by atoms with Crippen LogP contribution in [0.1, 0.15) is 105 Å². The molecular formula is C37H50NO5-. The summed E-state index contributed by atoms with van der Waals surface area (Å²) in [4.78, 5) is 27.0. The largest absolute Gasteiger partial charge is 0.733 e. The van der Waals surface area contributed by atoms with Gasteiger partial charge in [0.15, 0.2) is 5.78 Å². The molecule has 5 aliphatic carbocycles. The molecule has 6 heteroatoms. The highest BCUT2D eigenvalue weighted by Gasteiger charge is 2.72. The highest BCUT2D eigenvalue weighted by Crippen LogP contribution is 2.77. The summed E-state index contributed by atoms with van der Waals surface area (Å²) in [6, 6.07) is 6.79. The second-order valence-electron chi connectivity index (χ2n) is 16.4. The molecule has 5 aliphatic rings. The summed E-state index contributed by atoms with van der Waals surface area (Å²) < 4.78 is 0. The number of carbonyl (C=O) groups excluding carboxylic acids is 1. The smallest absolute Gasteiger partial charge is 0.309 e. The summed E-state index contributed by atoms with van der Waals surface area (Å²) in [6.45, 7) is 18.2. The van der Waals surface area contributed by atoms with Crippen LogP contribution in [-0.4, -0.2) is 22.1 Å². The number of benzene rings is 1. The van der Waals surface area contributed by atoms with Crippen molar-refractivity contribution in [2.45, 2.75) is 99.3 Å². The average molecular weight is 589 g/mol. The SMILES string of the molecule is C=C(C)[C@H]1CC[C@@]2(C(=O)O)CC[C@]3(C)[C@@H](CC[C@H]4[C@@]5(C)CC(=Cc6cccc(N([O-])O)c6)C(=O)C(C)(C)[C@H]5CC[C@]43C)[C@H]12. The molecular weight excluding hydrogens is 538 g/mol. The Morgan fingerprint density at radius 3 is 2.37 bits per heavy atom. The number of hydrogen-bond acceptors (Lipinski definition) is 5. The van der Waals surface area contributed by atoms with Gasteiger partial charge in [-0.3, -0.25) is 14.8 Å². The average Bonchev–Trinajstić information content (AvgIpc) is 3.34. The number of hydrogen-bond donors (Lipinski definition) is 2. The third kappa shape index (κ3) is 4.04. The fraction of sp³-hybridized carbons (Fsp3) is 0.676. The molecule has 0 spiro atoms. The number of aliphatic carboxylic acids is 1.